The predicted molar refractivity (Wildman–Crippen MR) is 97.6 cm³/mol. The van der Waals surface area contributed by atoms with E-state index in [0.29, 0.717) is 13.1 Å². The van der Waals surface area contributed by atoms with E-state index in [-0.39, 0.29) is 11.6 Å². The number of carbonyl (C=O) groups excluding carboxylic acids is 1. The van der Waals surface area contributed by atoms with Crippen molar-refractivity contribution in [2.45, 2.75) is 18.4 Å². The Balaban J connectivity index is 1.38. The lowest BCUT2D eigenvalue weighted by Crippen LogP contribution is -2.48. The Labute approximate surface area is 147 Å². The van der Waals surface area contributed by atoms with Crippen LogP contribution in [0.5, 0.6) is 0 Å². The molecule has 2 aromatic rings. The number of benzene rings is 2. The van der Waals surface area contributed by atoms with Crippen molar-refractivity contribution in [1.29, 1.82) is 0 Å². The Kier molecular flexibility index (Phi) is 4.15. The lowest BCUT2D eigenvalue weighted by Gasteiger charge is -2.36. The second-order valence-electron chi connectivity index (χ2n) is 6.48. The average molecular weight is 335 g/mol. The van der Waals surface area contributed by atoms with Crippen LogP contribution in [0.1, 0.15) is 18.4 Å². The van der Waals surface area contributed by atoms with Crippen LogP contribution in [0.25, 0.3) is 5.70 Å². The number of likely N-dealkylation sites (tertiary alicyclic amines) is 1. The molecule has 2 heterocycles. The van der Waals surface area contributed by atoms with Crippen molar-refractivity contribution in [2.24, 2.45) is 0 Å². The summed E-state index contributed by atoms with van der Waals surface area (Å²) in [6.45, 7) is 1.33. The maximum atomic E-state index is 12.4. The molecule has 1 saturated heterocycles. The number of carbonyl (C=O) groups is 1. The van der Waals surface area contributed by atoms with Crippen LogP contribution in [-0.2, 0) is 4.84 Å². The van der Waals surface area contributed by atoms with Crippen molar-refractivity contribution < 1.29 is 9.63 Å². The predicted octanol–water partition coefficient (Wildman–Crippen LogP) is 3.63. The number of piperidine rings is 1. The molecule has 5 heteroatoms. The second kappa shape index (κ2) is 6.61. The van der Waals surface area contributed by atoms with Crippen LogP contribution < -0.4 is 10.8 Å². The minimum Gasteiger partial charge on any atom is -0.324 e. The van der Waals surface area contributed by atoms with Crippen LogP contribution in [0.15, 0.2) is 66.7 Å². The zero-order valence-corrected chi connectivity index (χ0v) is 13.9. The Morgan fingerprint density at radius 1 is 1.00 bits per heavy atom. The van der Waals surface area contributed by atoms with Gasteiger partial charge in [0.15, 0.2) is 0 Å². The number of nitrogens with zero attached hydrogens (tertiary/aromatic N) is 1. The fourth-order valence-electron chi connectivity index (χ4n) is 3.30. The smallest absolute Gasteiger partial charge is 0.321 e. The summed E-state index contributed by atoms with van der Waals surface area (Å²) in [7, 11) is 0. The highest BCUT2D eigenvalue weighted by Crippen LogP contribution is 2.34. The third kappa shape index (κ3) is 3.37. The molecule has 2 N–H and O–H groups in total. The number of hydrogen-bond acceptors (Lipinski definition) is 3. The maximum absolute atomic E-state index is 12.4. The van der Waals surface area contributed by atoms with Gasteiger partial charge in [-0.2, -0.15) is 0 Å². The number of urea groups is 1. The molecular formula is C20H21N3O2. The third-order valence-corrected chi connectivity index (χ3v) is 4.78. The van der Waals surface area contributed by atoms with Crippen molar-refractivity contribution >= 4 is 17.4 Å². The minimum atomic E-state index is -0.325. The van der Waals surface area contributed by atoms with Gasteiger partial charge in [-0.25, -0.2) is 4.79 Å². The molecular weight excluding hydrogens is 314 g/mol. The van der Waals surface area contributed by atoms with Crippen LogP contribution >= 0.6 is 0 Å². The van der Waals surface area contributed by atoms with Crippen molar-refractivity contribution in [1.82, 2.24) is 10.4 Å². The summed E-state index contributed by atoms with van der Waals surface area (Å²) in [6.07, 6.45) is 3.71. The fraction of sp³-hybridized carbons (Fsp3) is 0.250. The van der Waals surface area contributed by atoms with Gasteiger partial charge in [-0.3, -0.25) is 10.3 Å². The van der Waals surface area contributed by atoms with E-state index in [1.54, 1.807) is 0 Å². The Morgan fingerprint density at radius 2 is 1.64 bits per heavy atom. The van der Waals surface area contributed by atoms with Gasteiger partial charge in [-0.05, 0) is 23.8 Å². The third-order valence-electron chi connectivity index (χ3n) is 4.78. The largest absolute Gasteiger partial charge is 0.324 e. The van der Waals surface area contributed by atoms with E-state index >= 15 is 0 Å². The van der Waals surface area contributed by atoms with Gasteiger partial charge in [0, 0.05) is 31.6 Å². The van der Waals surface area contributed by atoms with Crippen molar-refractivity contribution in [3.63, 3.8) is 0 Å². The standard InChI is InChI=1S/C20H21N3O2/c24-19(21-17-9-5-2-6-10-17)23-13-11-20(12-14-23)15-18(22-25-20)16-7-3-1-4-8-16/h1-10,15,22H,11-14H2,(H,21,24). The molecule has 4 rings (SSSR count). The van der Waals surface area contributed by atoms with E-state index in [9.17, 15) is 4.79 Å². The van der Waals surface area contributed by atoms with Gasteiger partial charge in [0.25, 0.3) is 0 Å². The highest BCUT2D eigenvalue weighted by Gasteiger charge is 2.39. The van der Waals surface area contributed by atoms with E-state index in [4.69, 9.17) is 4.84 Å². The zero-order valence-electron chi connectivity index (χ0n) is 13.9. The molecule has 1 spiro atoms. The van der Waals surface area contributed by atoms with Crippen molar-refractivity contribution in [3.05, 3.63) is 72.3 Å². The lowest BCUT2D eigenvalue weighted by atomic mass is 9.90. The van der Waals surface area contributed by atoms with E-state index in [0.717, 1.165) is 29.8 Å². The molecule has 0 unspecified atom stereocenters. The summed E-state index contributed by atoms with van der Waals surface area (Å²) in [5.74, 6) is 0. The number of hydrogen-bond donors (Lipinski definition) is 2. The zero-order chi connectivity index (χ0) is 17.1. The highest BCUT2D eigenvalue weighted by molar-refractivity contribution is 5.89. The molecule has 2 aliphatic rings. The molecule has 0 aliphatic carbocycles. The topological polar surface area (TPSA) is 53.6 Å². The molecule has 25 heavy (non-hydrogen) atoms. The molecule has 128 valence electrons. The van der Waals surface area contributed by atoms with Gasteiger partial charge in [0.1, 0.15) is 5.60 Å². The van der Waals surface area contributed by atoms with E-state index in [1.165, 1.54) is 0 Å². The Bertz CT molecular complexity index is 766. The van der Waals surface area contributed by atoms with Gasteiger partial charge in [0.2, 0.25) is 0 Å². The summed E-state index contributed by atoms with van der Waals surface area (Å²) in [5.41, 5.74) is 5.67. The van der Waals surface area contributed by atoms with Crippen molar-refractivity contribution in [3.8, 4) is 0 Å². The Hall–Kier alpha value is -2.79. The first-order chi connectivity index (χ1) is 12.2. The number of rotatable bonds is 2. The van der Waals surface area contributed by atoms with Crippen LogP contribution in [0, 0.1) is 0 Å². The van der Waals surface area contributed by atoms with Gasteiger partial charge in [0.05, 0.1) is 5.70 Å². The minimum absolute atomic E-state index is 0.0562. The number of anilines is 1. The second-order valence-corrected chi connectivity index (χ2v) is 6.48. The number of hydroxylamine groups is 1. The molecule has 2 amide bonds. The highest BCUT2D eigenvalue weighted by atomic mass is 16.7. The van der Waals surface area contributed by atoms with E-state index in [1.807, 2.05) is 53.4 Å². The molecule has 0 atom stereocenters. The molecule has 2 aromatic carbocycles. The molecule has 5 nitrogen and oxygen atoms in total. The van der Waals surface area contributed by atoms with Crippen LogP contribution in [0.3, 0.4) is 0 Å². The maximum Gasteiger partial charge on any atom is 0.321 e. The first kappa shape index (κ1) is 15.7. The van der Waals surface area contributed by atoms with E-state index < -0.39 is 0 Å². The summed E-state index contributed by atoms with van der Waals surface area (Å²) in [5, 5.41) is 2.94. The Morgan fingerprint density at radius 3 is 2.32 bits per heavy atom. The molecule has 0 bridgehead atoms. The van der Waals surface area contributed by atoms with E-state index in [2.05, 4.69) is 29.0 Å². The molecule has 0 radical (unpaired) electrons. The normalized spacial score (nSPS) is 18.6. The number of nitrogens with one attached hydrogen (secondary N) is 2. The number of amides is 2. The first-order valence-electron chi connectivity index (χ1n) is 8.57. The first-order valence-corrected chi connectivity index (χ1v) is 8.57. The summed E-state index contributed by atoms with van der Waals surface area (Å²) >= 11 is 0. The SMILES string of the molecule is O=C(Nc1ccccc1)N1CCC2(C=C(c3ccccc3)NO2)CC1. The summed E-state index contributed by atoms with van der Waals surface area (Å²) in [4.78, 5) is 20.1. The molecule has 0 saturated carbocycles. The van der Waals surface area contributed by atoms with Gasteiger partial charge < -0.3 is 10.2 Å². The average Bonchev–Trinajstić information content (AvgIpc) is 3.07. The molecule has 2 aliphatic heterocycles. The quantitative estimate of drug-likeness (QED) is 0.881. The monoisotopic (exact) mass is 335 g/mol. The summed E-state index contributed by atoms with van der Waals surface area (Å²) < 4.78 is 0. The fourth-order valence-corrected chi connectivity index (χ4v) is 3.30. The lowest BCUT2D eigenvalue weighted by molar-refractivity contribution is -0.0634. The van der Waals surface area contributed by atoms with Crippen molar-refractivity contribution in [2.75, 3.05) is 18.4 Å². The van der Waals surface area contributed by atoms with Crippen LogP contribution in [0.2, 0.25) is 0 Å². The number of para-hydroxylation sites is 1. The van der Waals surface area contributed by atoms with Crippen LogP contribution in [-0.4, -0.2) is 29.6 Å². The van der Waals surface area contributed by atoms with Gasteiger partial charge in [-0.15, -0.1) is 0 Å². The van der Waals surface area contributed by atoms with Crippen LogP contribution in [0.4, 0.5) is 10.5 Å². The summed E-state index contributed by atoms with van der Waals surface area (Å²) in [6, 6.07) is 19.6. The van der Waals surface area contributed by atoms with Gasteiger partial charge in [-0.1, -0.05) is 48.5 Å². The van der Waals surface area contributed by atoms with Gasteiger partial charge >= 0.3 is 6.03 Å². The molecule has 1 fully saturated rings. The molecule has 0 aromatic heterocycles.